The lowest BCUT2D eigenvalue weighted by Crippen LogP contribution is -2.43. The molecule has 0 radical (unpaired) electrons. The van der Waals surface area contributed by atoms with E-state index in [0.717, 1.165) is 12.2 Å². The second-order valence-corrected chi connectivity index (χ2v) is 5.70. The fourth-order valence-electron chi connectivity index (χ4n) is 3.16. The number of hydrogen-bond donors (Lipinski definition) is 1. The summed E-state index contributed by atoms with van der Waals surface area (Å²) in [6.45, 7) is 0. The highest BCUT2D eigenvalue weighted by Crippen LogP contribution is 2.32. The molecule has 1 saturated carbocycles. The van der Waals surface area contributed by atoms with Gasteiger partial charge in [-0.2, -0.15) is 0 Å². The molecule has 0 spiro atoms. The number of likely N-dealkylation sites (N-methyl/N-ethyl adjacent to an activating group) is 1. The second kappa shape index (κ2) is 6.77. The number of rotatable bonds is 4. The molecule has 1 fully saturated rings. The molecule has 0 amide bonds. The normalized spacial score (nSPS) is 22.0. The van der Waals surface area contributed by atoms with E-state index in [9.17, 15) is 0 Å². The third kappa shape index (κ3) is 3.27. The average molecular weight is 281 g/mol. The summed E-state index contributed by atoms with van der Waals surface area (Å²) in [6.07, 6.45) is 5.17. The molecule has 2 aromatic carbocycles. The summed E-state index contributed by atoms with van der Waals surface area (Å²) in [5.41, 5.74) is 2.39. The molecule has 1 aliphatic carbocycles. The van der Waals surface area contributed by atoms with Crippen molar-refractivity contribution in [1.82, 2.24) is 5.32 Å². The monoisotopic (exact) mass is 281 g/mol. The first-order valence-corrected chi connectivity index (χ1v) is 7.87. The predicted molar refractivity (Wildman–Crippen MR) is 87.6 cm³/mol. The zero-order valence-corrected chi connectivity index (χ0v) is 12.6. The van der Waals surface area contributed by atoms with E-state index in [1.165, 1.54) is 30.4 Å². The van der Waals surface area contributed by atoms with Crippen molar-refractivity contribution >= 4 is 0 Å². The lowest BCUT2D eigenvalue weighted by atomic mass is 9.92. The van der Waals surface area contributed by atoms with Crippen molar-refractivity contribution in [3.05, 3.63) is 54.6 Å². The molecule has 110 valence electrons. The van der Waals surface area contributed by atoms with Gasteiger partial charge in [0.15, 0.2) is 0 Å². The molecule has 21 heavy (non-hydrogen) atoms. The van der Waals surface area contributed by atoms with Gasteiger partial charge in [0.25, 0.3) is 0 Å². The topological polar surface area (TPSA) is 21.3 Å². The van der Waals surface area contributed by atoms with Gasteiger partial charge in [-0.1, -0.05) is 55.0 Å². The van der Waals surface area contributed by atoms with E-state index in [-0.39, 0.29) is 6.10 Å². The summed E-state index contributed by atoms with van der Waals surface area (Å²) in [5, 5.41) is 3.41. The fraction of sp³-hybridized carbons (Fsp3) is 0.368. The molecule has 1 aliphatic rings. The van der Waals surface area contributed by atoms with Gasteiger partial charge in [-0.15, -0.1) is 0 Å². The van der Waals surface area contributed by atoms with Crippen molar-refractivity contribution in [3.8, 4) is 16.9 Å². The molecule has 0 heterocycles. The molecule has 0 aromatic heterocycles. The maximum atomic E-state index is 6.38. The SMILES string of the molecule is CNC1CCCCC1Oc1ccccc1-c1ccccc1. The van der Waals surface area contributed by atoms with Crippen molar-refractivity contribution in [1.29, 1.82) is 0 Å². The van der Waals surface area contributed by atoms with Crippen LogP contribution in [0.4, 0.5) is 0 Å². The van der Waals surface area contributed by atoms with Gasteiger partial charge in [-0.05, 0) is 37.9 Å². The summed E-state index contributed by atoms with van der Waals surface area (Å²) in [6, 6.07) is 19.3. The van der Waals surface area contributed by atoms with Gasteiger partial charge in [0.2, 0.25) is 0 Å². The summed E-state index contributed by atoms with van der Waals surface area (Å²) < 4.78 is 6.38. The lowest BCUT2D eigenvalue weighted by molar-refractivity contribution is 0.118. The van der Waals surface area contributed by atoms with Crippen LogP contribution >= 0.6 is 0 Å². The Morgan fingerprint density at radius 3 is 2.43 bits per heavy atom. The van der Waals surface area contributed by atoms with Crippen LogP contribution in [0.15, 0.2) is 54.6 Å². The van der Waals surface area contributed by atoms with Crippen molar-refractivity contribution in [2.45, 2.75) is 37.8 Å². The van der Waals surface area contributed by atoms with Crippen LogP contribution in [0.1, 0.15) is 25.7 Å². The molecule has 2 unspecified atom stereocenters. The van der Waals surface area contributed by atoms with Gasteiger partial charge in [0.05, 0.1) is 0 Å². The average Bonchev–Trinajstić information content (AvgIpc) is 2.57. The number of para-hydroxylation sites is 1. The Labute approximate surface area is 127 Å². The van der Waals surface area contributed by atoms with Crippen LogP contribution in [-0.2, 0) is 0 Å². The van der Waals surface area contributed by atoms with Crippen LogP contribution in [0, 0.1) is 0 Å². The Kier molecular flexibility index (Phi) is 4.56. The maximum absolute atomic E-state index is 6.38. The van der Waals surface area contributed by atoms with Gasteiger partial charge in [0, 0.05) is 11.6 Å². The van der Waals surface area contributed by atoms with E-state index in [4.69, 9.17) is 4.74 Å². The summed E-state index contributed by atoms with van der Waals surface area (Å²) >= 11 is 0. The predicted octanol–water partition coefficient (Wildman–Crippen LogP) is 4.26. The molecule has 0 saturated heterocycles. The number of benzene rings is 2. The van der Waals surface area contributed by atoms with Crippen LogP contribution in [0.5, 0.6) is 5.75 Å². The smallest absolute Gasteiger partial charge is 0.127 e. The first-order chi connectivity index (χ1) is 10.4. The summed E-state index contributed by atoms with van der Waals surface area (Å²) in [5.74, 6) is 0.996. The third-order valence-electron chi connectivity index (χ3n) is 4.32. The molecule has 2 atom stereocenters. The Morgan fingerprint density at radius 1 is 0.905 bits per heavy atom. The molecule has 2 nitrogen and oxygen atoms in total. The highest BCUT2D eigenvalue weighted by atomic mass is 16.5. The van der Waals surface area contributed by atoms with Gasteiger partial charge in [-0.25, -0.2) is 0 Å². The van der Waals surface area contributed by atoms with E-state index in [0.29, 0.717) is 6.04 Å². The molecule has 2 heteroatoms. The largest absolute Gasteiger partial charge is 0.488 e. The Balaban J connectivity index is 1.85. The van der Waals surface area contributed by atoms with Crippen LogP contribution in [-0.4, -0.2) is 19.2 Å². The molecular formula is C19H23NO. The zero-order valence-electron chi connectivity index (χ0n) is 12.6. The van der Waals surface area contributed by atoms with Crippen LogP contribution in [0.3, 0.4) is 0 Å². The van der Waals surface area contributed by atoms with Crippen LogP contribution in [0.25, 0.3) is 11.1 Å². The minimum absolute atomic E-state index is 0.272. The quantitative estimate of drug-likeness (QED) is 0.904. The van der Waals surface area contributed by atoms with E-state index < -0.39 is 0 Å². The van der Waals surface area contributed by atoms with Crippen molar-refractivity contribution in [3.63, 3.8) is 0 Å². The fourth-order valence-corrected chi connectivity index (χ4v) is 3.16. The van der Waals surface area contributed by atoms with Gasteiger partial charge < -0.3 is 10.1 Å². The zero-order chi connectivity index (χ0) is 14.5. The number of hydrogen-bond acceptors (Lipinski definition) is 2. The van der Waals surface area contributed by atoms with E-state index >= 15 is 0 Å². The minimum atomic E-state index is 0.272. The Hall–Kier alpha value is -1.80. The first-order valence-electron chi connectivity index (χ1n) is 7.87. The molecule has 0 aliphatic heterocycles. The Bertz CT molecular complexity index is 567. The highest BCUT2D eigenvalue weighted by Gasteiger charge is 2.26. The van der Waals surface area contributed by atoms with Crippen LogP contribution in [0.2, 0.25) is 0 Å². The number of ether oxygens (including phenoxy) is 1. The van der Waals surface area contributed by atoms with Crippen molar-refractivity contribution in [2.75, 3.05) is 7.05 Å². The van der Waals surface area contributed by atoms with Crippen LogP contribution < -0.4 is 10.1 Å². The number of nitrogens with one attached hydrogen (secondary N) is 1. The van der Waals surface area contributed by atoms with E-state index in [1.807, 2.05) is 13.1 Å². The van der Waals surface area contributed by atoms with Crippen molar-refractivity contribution < 1.29 is 4.74 Å². The molecule has 1 N–H and O–H groups in total. The van der Waals surface area contributed by atoms with E-state index in [2.05, 4.69) is 53.8 Å². The van der Waals surface area contributed by atoms with Gasteiger partial charge >= 0.3 is 0 Å². The first kappa shape index (κ1) is 14.2. The van der Waals surface area contributed by atoms with Crippen molar-refractivity contribution in [2.24, 2.45) is 0 Å². The maximum Gasteiger partial charge on any atom is 0.127 e. The molecule has 2 aromatic rings. The molecular weight excluding hydrogens is 258 g/mol. The van der Waals surface area contributed by atoms with E-state index in [1.54, 1.807) is 0 Å². The third-order valence-corrected chi connectivity index (χ3v) is 4.32. The van der Waals surface area contributed by atoms with Gasteiger partial charge in [0.1, 0.15) is 11.9 Å². The summed E-state index contributed by atoms with van der Waals surface area (Å²) in [4.78, 5) is 0. The molecule has 3 rings (SSSR count). The highest BCUT2D eigenvalue weighted by molar-refractivity contribution is 5.70. The standard InChI is InChI=1S/C19H23NO/c1-20-17-12-6-8-14-19(17)21-18-13-7-5-11-16(18)15-9-3-2-4-10-15/h2-5,7,9-11,13,17,19-20H,6,8,12,14H2,1H3. The van der Waals surface area contributed by atoms with Gasteiger partial charge in [-0.3, -0.25) is 0 Å². The minimum Gasteiger partial charge on any atom is -0.488 e. The molecule has 0 bridgehead atoms. The lowest BCUT2D eigenvalue weighted by Gasteiger charge is -2.32. The Morgan fingerprint density at radius 2 is 1.62 bits per heavy atom. The summed E-state index contributed by atoms with van der Waals surface area (Å²) in [7, 11) is 2.04. The second-order valence-electron chi connectivity index (χ2n) is 5.70.